The second kappa shape index (κ2) is 37.0. The number of aryl methyl sites for hydroxylation is 1. The number of hydrogen-bond donors (Lipinski definition) is 0. The van der Waals surface area contributed by atoms with Gasteiger partial charge in [0.1, 0.15) is 10.0 Å². The molecule has 47 heavy (non-hydrogen) atoms. The van der Waals surface area contributed by atoms with Gasteiger partial charge in [-0.05, 0) is 74.0 Å². The van der Waals surface area contributed by atoms with E-state index in [-0.39, 0.29) is 71.8 Å². The Bertz CT molecular complexity index is 961. The van der Waals surface area contributed by atoms with E-state index in [1.807, 2.05) is 6.92 Å². The van der Waals surface area contributed by atoms with Crippen LogP contribution in [0.1, 0.15) is 150 Å². The van der Waals surface area contributed by atoms with Gasteiger partial charge in [0.2, 0.25) is 0 Å². The van der Waals surface area contributed by atoms with Gasteiger partial charge in [-0.3, -0.25) is 0 Å². The van der Waals surface area contributed by atoms with E-state index >= 15 is 0 Å². The van der Waals surface area contributed by atoms with E-state index in [9.17, 15) is 16.8 Å². The van der Waals surface area contributed by atoms with Crippen LogP contribution in [0.25, 0.3) is 4.13 Å². The molecule has 294 valence electrons. The molecule has 0 aliphatic heterocycles. The molecule has 2 rings (SSSR count). The second-order valence-corrected chi connectivity index (χ2v) is 15.3. The van der Waals surface area contributed by atoms with Gasteiger partial charge in [0.25, 0.3) is 0 Å². The average molecular weight is 809 g/mol. The zero-order chi connectivity index (χ0) is 30.6. The molecule has 0 aromatic heterocycles. The number of hydrogen-bond acceptors (Lipinski definition) is 6. The van der Waals surface area contributed by atoms with Crippen LogP contribution in [-0.4, -0.2) is 49.5 Å². The third-order valence-corrected chi connectivity index (χ3v) is 9.44. The van der Waals surface area contributed by atoms with E-state index in [2.05, 4.69) is 45.7 Å². The van der Waals surface area contributed by atoms with Gasteiger partial charge in [-0.25, -0.2) is 16.8 Å². The molecule has 0 radical (unpaired) electrons. The molecule has 0 amide bonds. The van der Waals surface area contributed by atoms with Gasteiger partial charge < -0.3 is 13.6 Å². The smallest absolute Gasteiger partial charge is 0.432 e. The van der Waals surface area contributed by atoms with Gasteiger partial charge in [-0.1, -0.05) is 130 Å². The van der Waals surface area contributed by atoms with E-state index < -0.39 is 20.0 Å². The minimum Gasteiger partial charge on any atom is -0.432 e. The number of ether oxygens (including phenoxy) is 2. The molecule has 0 atom stereocenters. The van der Waals surface area contributed by atoms with Gasteiger partial charge in [-0.2, -0.15) is 0 Å². The van der Waals surface area contributed by atoms with E-state index in [1.165, 1.54) is 57.1 Å². The molecule has 10 heteroatoms. The summed E-state index contributed by atoms with van der Waals surface area (Å²) in [4.78, 5) is -0.105. The summed E-state index contributed by atoms with van der Waals surface area (Å²) in [5, 5.41) is 0. The van der Waals surface area contributed by atoms with Crippen LogP contribution < -0.4 is 0 Å². The molecule has 0 unspecified atom stereocenters. The number of benzene rings is 1. The summed E-state index contributed by atoms with van der Waals surface area (Å²) >= 11 is 0. The van der Waals surface area contributed by atoms with E-state index in [4.69, 9.17) is 9.47 Å². The van der Waals surface area contributed by atoms with Crippen molar-refractivity contribution in [1.29, 1.82) is 0 Å². The first-order valence-electron chi connectivity index (χ1n) is 15.1. The molecule has 0 heterocycles. The molecule has 0 N–H and O–H groups in total. The van der Waals surface area contributed by atoms with Crippen LogP contribution in [0.2, 0.25) is 0 Å². The van der Waals surface area contributed by atoms with Crippen LogP contribution >= 0.6 is 0 Å². The molecule has 1 aliphatic carbocycles. The van der Waals surface area contributed by atoms with E-state index in [0.717, 1.165) is 68.8 Å². The Labute approximate surface area is 313 Å². The first-order valence-corrected chi connectivity index (χ1v) is 18.4. The summed E-state index contributed by atoms with van der Waals surface area (Å²) in [5.74, 6) is 3.35. The van der Waals surface area contributed by atoms with E-state index in [0.29, 0.717) is 5.92 Å². The first-order chi connectivity index (χ1) is 18.7. The van der Waals surface area contributed by atoms with Crippen molar-refractivity contribution in [1.82, 2.24) is 0 Å². The molecular weight excluding hydrogens is 726 g/mol. The van der Waals surface area contributed by atoms with Gasteiger partial charge in [0, 0.05) is 24.4 Å². The summed E-state index contributed by atoms with van der Waals surface area (Å²) in [6.45, 7) is 18.6. The van der Waals surface area contributed by atoms with E-state index in [1.54, 1.807) is 12.1 Å². The summed E-state index contributed by atoms with van der Waals surface area (Å²) in [5.41, 5.74) is 1.02. The van der Waals surface area contributed by atoms with Crippen LogP contribution in [0.15, 0.2) is 29.2 Å². The van der Waals surface area contributed by atoms with Crippen molar-refractivity contribution in [3.05, 3.63) is 34.0 Å². The summed E-state index contributed by atoms with van der Waals surface area (Å²) in [6.07, 6.45) is 12.5. The average Bonchev–Trinajstić information content (AvgIpc) is 2.87. The van der Waals surface area contributed by atoms with Crippen molar-refractivity contribution in [2.75, 3.05) is 32.7 Å². The Morgan fingerprint density at radius 1 is 0.723 bits per heavy atom. The Morgan fingerprint density at radius 2 is 1.19 bits per heavy atom. The maximum Gasteiger partial charge on any atom is 1.00 e. The van der Waals surface area contributed by atoms with Gasteiger partial charge in [-0.15, -0.1) is 0 Å². The summed E-state index contributed by atoms with van der Waals surface area (Å²) in [7, 11) is -8.05. The molecule has 0 bridgehead atoms. The monoisotopic (exact) mass is 807 g/mol. The topological polar surface area (TPSA) is 101 Å². The van der Waals surface area contributed by atoms with Crippen molar-refractivity contribution in [3.8, 4) is 0 Å². The molecule has 1 fully saturated rings. The third kappa shape index (κ3) is 38.4. The largest absolute Gasteiger partial charge is 1.00 e. The predicted molar refractivity (Wildman–Crippen MR) is 208 cm³/mol. The van der Waals surface area contributed by atoms with Crippen molar-refractivity contribution < 1.29 is 48.7 Å². The van der Waals surface area contributed by atoms with Crippen LogP contribution in [0.4, 0.5) is 0 Å². The fraction of sp³-hybridized carbons (Fsp3) is 0.838. The number of nitrogens with zero attached hydrogens (tertiary/aromatic N) is 1. The zero-order valence-electron chi connectivity index (χ0n) is 26.8. The predicted octanol–water partition coefficient (Wildman–Crippen LogP) is 11.8. The van der Waals surface area contributed by atoms with Gasteiger partial charge in [0.05, 0.1) is 23.2 Å². The maximum absolute atomic E-state index is 11.7. The molecule has 0 saturated heterocycles. The maximum atomic E-state index is 11.7. The van der Waals surface area contributed by atoms with Crippen molar-refractivity contribution in [2.45, 2.75) is 156 Å². The fourth-order valence-electron chi connectivity index (χ4n) is 4.26. The quantitative estimate of drug-likeness (QED) is 0.129. The molecule has 0 spiro atoms. The normalized spacial score (nSPS) is 12.4. The molecule has 1 saturated carbocycles. The first kappa shape index (κ1) is 65.2. The standard InChI is InChI=1S/C12H18NO4S2.C10H22O2.C9H18.6CH4.Ag/c1-10(2)4-5-11-6-8-12(9-7-11)19(16,17)13-18(3,14)15;1-4-11-8-9-12-7-5-6-10(2)3;1-8(2)9-6-4-3-5-7-9;;;;;;;/h6-10H,4-5H2,1-3H3;10H,4-9H2,1-3H3;8-9H,3-7H2,1-2H3;6*1H4;/q-1;;;;;;;;;+1. The molecular formula is C37H82AgNO6S2. The third-order valence-electron chi connectivity index (χ3n) is 6.70. The fourth-order valence-corrected chi connectivity index (χ4v) is 6.51. The van der Waals surface area contributed by atoms with Crippen LogP contribution in [0.5, 0.6) is 0 Å². The minimum absolute atomic E-state index is 0. The molecule has 1 aliphatic rings. The molecule has 1 aromatic rings. The Hall–Kier alpha value is -0.260. The summed E-state index contributed by atoms with van der Waals surface area (Å²) < 4.78 is 58.6. The van der Waals surface area contributed by atoms with Crippen LogP contribution in [0.3, 0.4) is 0 Å². The van der Waals surface area contributed by atoms with Crippen molar-refractivity contribution >= 4 is 20.0 Å². The number of sulfonamides is 2. The summed E-state index contributed by atoms with van der Waals surface area (Å²) in [6, 6.07) is 6.15. The van der Waals surface area contributed by atoms with Gasteiger partial charge >= 0.3 is 22.4 Å². The zero-order valence-corrected chi connectivity index (χ0v) is 29.9. The number of rotatable bonds is 15. The SMILES string of the molecule is C.C.C.C.C.C.CC(C)C1CCCCC1.CC(C)CCc1ccc(S(=O)(=O)[N-]S(C)(=O)=O)cc1.CCOCCOCCCC(C)C.[Ag+]. The second-order valence-electron chi connectivity index (χ2n) is 11.8. The Balaban J connectivity index is -0.0000000799. The Kier molecular flexibility index (Phi) is 51.3. The minimum atomic E-state index is -4.13. The molecule has 7 nitrogen and oxygen atoms in total. The van der Waals surface area contributed by atoms with Crippen molar-refractivity contribution in [3.63, 3.8) is 0 Å². The van der Waals surface area contributed by atoms with Crippen LogP contribution in [0, 0.1) is 23.7 Å². The van der Waals surface area contributed by atoms with Gasteiger partial charge in [0.15, 0.2) is 0 Å². The Morgan fingerprint density at radius 3 is 1.57 bits per heavy atom. The van der Waals surface area contributed by atoms with Crippen LogP contribution in [-0.2, 0) is 58.3 Å². The van der Waals surface area contributed by atoms with Crippen molar-refractivity contribution in [2.24, 2.45) is 23.7 Å². The molecule has 1 aromatic carbocycles.